The maximum atomic E-state index is 12.3. The summed E-state index contributed by atoms with van der Waals surface area (Å²) in [6.07, 6.45) is 12.5. The number of ether oxygens (including phenoxy) is 1. The molecule has 0 spiro atoms. The molecule has 2 aliphatic rings. The van der Waals surface area contributed by atoms with Gasteiger partial charge >= 0.3 is 5.97 Å². The summed E-state index contributed by atoms with van der Waals surface area (Å²) < 4.78 is 7.76. The molecule has 2 heterocycles. The molecule has 5 nitrogen and oxygen atoms in total. The summed E-state index contributed by atoms with van der Waals surface area (Å²) in [5.74, 6) is 1.64. The van der Waals surface area contributed by atoms with Gasteiger partial charge in [0.05, 0.1) is 5.92 Å². The Morgan fingerprint density at radius 1 is 0.933 bits per heavy atom. The molecule has 0 aliphatic heterocycles. The standard InChI is InChI=1S/C25H29N3O2/c29-25(19-8-4-5-9-19)30-21-15-13-18(14-16-21)23-24(26-20-10-2-1-3-11-20)28-17-7-6-12-22(28)27-23/h6-7,12-17,19-20,26H,1-5,8-11H2. The van der Waals surface area contributed by atoms with E-state index in [-0.39, 0.29) is 11.9 Å². The number of pyridine rings is 1. The first-order valence-corrected chi connectivity index (χ1v) is 11.3. The highest BCUT2D eigenvalue weighted by Crippen LogP contribution is 2.33. The van der Waals surface area contributed by atoms with Crippen molar-refractivity contribution in [1.82, 2.24) is 9.38 Å². The van der Waals surface area contributed by atoms with Crippen molar-refractivity contribution in [2.75, 3.05) is 5.32 Å². The van der Waals surface area contributed by atoms with E-state index in [1.165, 1.54) is 32.1 Å². The number of carbonyl (C=O) groups is 1. The molecule has 5 rings (SSSR count). The number of anilines is 1. The van der Waals surface area contributed by atoms with Gasteiger partial charge in [0, 0.05) is 17.8 Å². The molecule has 1 N–H and O–H groups in total. The minimum Gasteiger partial charge on any atom is -0.426 e. The number of hydrogen-bond acceptors (Lipinski definition) is 4. The van der Waals surface area contributed by atoms with Gasteiger partial charge in [-0.15, -0.1) is 0 Å². The van der Waals surface area contributed by atoms with Crippen molar-refractivity contribution in [3.63, 3.8) is 0 Å². The average Bonchev–Trinajstić information content (AvgIpc) is 3.44. The van der Waals surface area contributed by atoms with Crippen LogP contribution in [0.3, 0.4) is 0 Å². The van der Waals surface area contributed by atoms with E-state index in [2.05, 4.69) is 15.9 Å². The van der Waals surface area contributed by atoms with Crippen LogP contribution in [0.5, 0.6) is 5.75 Å². The summed E-state index contributed by atoms with van der Waals surface area (Å²) in [7, 11) is 0. The van der Waals surface area contributed by atoms with E-state index >= 15 is 0 Å². The largest absolute Gasteiger partial charge is 0.426 e. The van der Waals surface area contributed by atoms with Crippen molar-refractivity contribution in [3.8, 4) is 17.0 Å². The lowest BCUT2D eigenvalue weighted by Gasteiger charge is -2.24. The van der Waals surface area contributed by atoms with E-state index in [9.17, 15) is 4.79 Å². The Balaban J connectivity index is 1.40. The molecular weight excluding hydrogens is 374 g/mol. The average molecular weight is 404 g/mol. The van der Waals surface area contributed by atoms with Gasteiger partial charge in [-0.1, -0.05) is 38.2 Å². The predicted molar refractivity (Wildman–Crippen MR) is 119 cm³/mol. The molecule has 2 saturated carbocycles. The van der Waals surface area contributed by atoms with E-state index in [0.29, 0.717) is 11.8 Å². The van der Waals surface area contributed by atoms with E-state index < -0.39 is 0 Å². The normalized spacial score (nSPS) is 18.0. The van der Waals surface area contributed by atoms with Gasteiger partial charge in [0.2, 0.25) is 0 Å². The number of hydrogen-bond donors (Lipinski definition) is 1. The predicted octanol–water partition coefficient (Wildman–Crippen LogP) is 5.84. The van der Waals surface area contributed by atoms with Crippen LogP contribution in [0.2, 0.25) is 0 Å². The molecule has 0 amide bonds. The van der Waals surface area contributed by atoms with E-state index in [1.807, 2.05) is 42.5 Å². The lowest BCUT2D eigenvalue weighted by molar-refractivity contribution is -0.138. The second kappa shape index (κ2) is 8.50. The van der Waals surface area contributed by atoms with Gasteiger partial charge in [-0.3, -0.25) is 9.20 Å². The second-order valence-electron chi connectivity index (χ2n) is 8.64. The van der Waals surface area contributed by atoms with Gasteiger partial charge < -0.3 is 10.1 Å². The number of esters is 1. The summed E-state index contributed by atoms with van der Waals surface area (Å²) >= 11 is 0. The highest BCUT2D eigenvalue weighted by molar-refractivity contribution is 5.78. The third-order valence-corrected chi connectivity index (χ3v) is 6.51. The lowest BCUT2D eigenvalue weighted by atomic mass is 9.95. The third-order valence-electron chi connectivity index (χ3n) is 6.51. The van der Waals surface area contributed by atoms with Crippen LogP contribution in [0.15, 0.2) is 48.7 Å². The molecule has 5 heteroatoms. The Morgan fingerprint density at radius 2 is 1.67 bits per heavy atom. The highest BCUT2D eigenvalue weighted by Gasteiger charge is 2.25. The van der Waals surface area contributed by atoms with Crippen LogP contribution >= 0.6 is 0 Å². The van der Waals surface area contributed by atoms with Gasteiger partial charge in [0.25, 0.3) is 0 Å². The summed E-state index contributed by atoms with van der Waals surface area (Å²) in [5.41, 5.74) is 2.90. The molecule has 3 aromatic rings. The smallest absolute Gasteiger partial charge is 0.314 e. The third kappa shape index (κ3) is 3.93. The van der Waals surface area contributed by atoms with E-state index in [1.54, 1.807) is 0 Å². The Kier molecular flexibility index (Phi) is 5.43. The number of nitrogens with one attached hydrogen (secondary N) is 1. The summed E-state index contributed by atoms with van der Waals surface area (Å²) in [6, 6.07) is 14.4. The zero-order valence-electron chi connectivity index (χ0n) is 17.3. The van der Waals surface area contributed by atoms with Gasteiger partial charge in [-0.25, -0.2) is 4.98 Å². The van der Waals surface area contributed by atoms with Crippen molar-refractivity contribution in [2.24, 2.45) is 5.92 Å². The maximum Gasteiger partial charge on any atom is 0.314 e. The summed E-state index contributed by atoms with van der Waals surface area (Å²) in [6.45, 7) is 0. The maximum absolute atomic E-state index is 12.3. The Bertz CT molecular complexity index is 1010. The molecule has 2 aliphatic carbocycles. The molecule has 30 heavy (non-hydrogen) atoms. The minimum atomic E-state index is -0.0902. The Hall–Kier alpha value is -2.82. The first kappa shape index (κ1) is 19.2. The summed E-state index contributed by atoms with van der Waals surface area (Å²) in [5, 5.41) is 3.77. The molecule has 156 valence electrons. The van der Waals surface area contributed by atoms with Crippen LogP contribution in [0.4, 0.5) is 5.82 Å². The van der Waals surface area contributed by atoms with Crippen molar-refractivity contribution in [1.29, 1.82) is 0 Å². The molecule has 2 fully saturated rings. The minimum absolute atomic E-state index is 0.0643. The SMILES string of the molecule is O=C(Oc1ccc(-c2nc3ccccn3c2NC2CCCCC2)cc1)C1CCCC1. The summed E-state index contributed by atoms with van der Waals surface area (Å²) in [4.78, 5) is 17.2. The van der Waals surface area contributed by atoms with Crippen LogP contribution in [0.1, 0.15) is 57.8 Å². The van der Waals surface area contributed by atoms with Gasteiger partial charge in [0.15, 0.2) is 0 Å². The fraction of sp³-hybridized carbons (Fsp3) is 0.440. The first-order chi connectivity index (χ1) is 14.8. The van der Waals surface area contributed by atoms with Gasteiger partial charge in [-0.05, 0) is 62.1 Å². The van der Waals surface area contributed by atoms with Crippen molar-refractivity contribution < 1.29 is 9.53 Å². The molecular formula is C25H29N3O2. The van der Waals surface area contributed by atoms with Crippen LogP contribution in [-0.4, -0.2) is 21.4 Å². The number of nitrogens with zero attached hydrogens (tertiary/aromatic N) is 2. The Labute approximate surface area is 177 Å². The molecule has 0 saturated heterocycles. The first-order valence-electron chi connectivity index (χ1n) is 11.3. The lowest BCUT2D eigenvalue weighted by Crippen LogP contribution is -2.23. The Morgan fingerprint density at radius 3 is 2.43 bits per heavy atom. The highest BCUT2D eigenvalue weighted by atomic mass is 16.5. The fourth-order valence-electron chi connectivity index (χ4n) is 4.82. The van der Waals surface area contributed by atoms with Gasteiger partial charge in [0.1, 0.15) is 22.9 Å². The molecule has 0 unspecified atom stereocenters. The van der Waals surface area contributed by atoms with Crippen LogP contribution in [-0.2, 0) is 4.79 Å². The molecule has 1 aromatic carbocycles. The second-order valence-corrected chi connectivity index (χ2v) is 8.64. The van der Waals surface area contributed by atoms with E-state index in [0.717, 1.165) is 48.4 Å². The van der Waals surface area contributed by atoms with Crippen LogP contribution in [0, 0.1) is 5.92 Å². The van der Waals surface area contributed by atoms with Crippen molar-refractivity contribution >= 4 is 17.4 Å². The number of carbonyl (C=O) groups excluding carboxylic acids is 1. The van der Waals surface area contributed by atoms with Crippen LogP contribution in [0.25, 0.3) is 16.9 Å². The molecule has 0 bridgehead atoms. The van der Waals surface area contributed by atoms with Gasteiger partial charge in [-0.2, -0.15) is 0 Å². The fourth-order valence-corrected chi connectivity index (χ4v) is 4.82. The van der Waals surface area contributed by atoms with E-state index in [4.69, 9.17) is 9.72 Å². The number of rotatable bonds is 5. The quantitative estimate of drug-likeness (QED) is 0.429. The zero-order valence-corrected chi connectivity index (χ0v) is 17.3. The van der Waals surface area contributed by atoms with Crippen molar-refractivity contribution in [2.45, 2.75) is 63.8 Å². The molecule has 2 aromatic heterocycles. The number of fused-ring (bicyclic) bond motifs is 1. The van der Waals surface area contributed by atoms with Crippen LogP contribution < -0.4 is 10.1 Å². The molecule has 0 atom stereocenters. The monoisotopic (exact) mass is 403 g/mol. The number of benzene rings is 1. The number of imidazole rings is 1. The topological polar surface area (TPSA) is 55.6 Å². The number of aromatic nitrogens is 2. The molecule has 0 radical (unpaired) electrons. The zero-order chi connectivity index (χ0) is 20.3. The van der Waals surface area contributed by atoms with Crippen molar-refractivity contribution in [3.05, 3.63) is 48.7 Å².